The van der Waals surface area contributed by atoms with E-state index in [9.17, 15) is 4.79 Å². The Balaban J connectivity index is 1.67. The van der Waals surface area contributed by atoms with E-state index in [-0.39, 0.29) is 5.91 Å². The van der Waals surface area contributed by atoms with Crippen molar-refractivity contribution in [3.05, 3.63) is 76.9 Å². The van der Waals surface area contributed by atoms with Crippen molar-refractivity contribution in [2.75, 3.05) is 12.0 Å². The van der Waals surface area contributed by atoms with Crippen molar-refractivity contribution in [1.29, 1.82) is 0 Å². The van der Waals surface area contributed by atoms with Crippen LogP contribution in [0.2, 0.25) is 5.02 Å². The van der Waals surface area contributed by atoms with Crippen molar-refractivity contribution in [2.24, 2.45) is 0 Å². The van der Waals surface area contributed by atoms with Crippen molar-refractivity contribution in [3.8, 4) is 5.75 Å². The number of thiocarbonyl (C=S) groups is 1. The highest BCUT2D eigenvalue weighted by Gasteiger charge is 2.32. The fraction of sp³-hybridized carbons (Fsp3) is 0.0476. The summed E-state index contributed by atoms with van der Waals surface area (Å²) in [5, 5.41) is 6.00. The Morgan fingerprint density at radius 2 is 1.85 bits per heavy atom. The average Bonchev–Trinajstić information content (AvgIpc) is 2.94. The van der Waals surface area contributed by atoms with Gasteiger partial charge in [0.1, 0.15) is 11.4 Å². The maximum Gasteiger partial charge on any atom is 0.281 e. The molecule has 0 bridgehead atoms. The zero-order valence-electron chi connectivity index (χ0n) is 14.4. The summed E-state index contributed by atoms with van der Waals surface area (Å²) in [6, 6.07) is 18.9. The lowest BCUT2D eigenvalue weighted by atomic mass is 10.1. The molecule has 1 saturated heterocycles. The van der Waals surface area contributed by atoms with Gasteiger partial charge in [-0.25, -0.2) is 0 Å². The number of ether oxygens (including phenoxy) is 1. The van der Waals surface area contributed by atoms with Gasteiger partial charge < -0.3 is 10.1 Å². The number of hydrogen-bond acceptors (Lipinski definition) is 3. The molecule has 1 fully saturated rings. The van der Waals surface area contributed by atoms with Crippen LogP contribution in [0.3, 0.4) is 0 Å². The third-order valence-electron chi connectivity index (χ3n) is 4.33. The fourth-order valence-corrected chi connectivity index (χ4v) is 3.49. The van der Waals surface area contributed by atoms with Crippen LogP contribution in [0.5, 0.6) is 5.75 Å². The maximum absolute atomic E-state index is 12.8. The second-order valence-corrected chi connectivity index (χ2v) is 6.90. The number of anilines is 1. The second kappa shape index (κ2) is 7.02. The van der Waals surface area contributed by atoms with Gasteiger partial charge in [-0.3, -0.25) is 9.69 Å². The lowest BCUT2D eigenvalue weighted by Crippen LogP contribution is -2.30. The Bertz CT molecular complexity index is 1110. The summed E-state index contributed by atoms with van der Waals surface area (Å²) in [6.07, 6.45) is 1.79. The first-order valence-corrected chi connectivity index (χ1v) is 9.04. The number of carbonyl (C=O) groups is 1. The van der Waals surface area contributed by atoms with Crippen LogP contribution in [0.15, 0.2) is 66.4 Å². The highest BCUT2D eigenvalue weighted by molar-refractivity contribution is 7.80. The summed E-state index contributed by atoms with van der Waals surface area (Å²) < 4.78 is 5.25. The van der Waals surface area contributed by atoms with Gasteiger partial charge in [0.05, 0.1) is 12.8 Å². The van der Waals surface area contributed by atoms with Gasteiger partial charge >= 0.3 is 0 Å². The predicted molar refractivity (Wildman–Crippen MR) is 113 cm³/mol. The molecule has 1 amide bonds. The number of rotatable bonds is 3. The summed E-state index contributed by atoms with van der Waals surface area (Å²) in [7, 11) is 1.64. The van der Waals surface area contributed by atoms with E-state index in [0.29, 0.717) is 21.5 Å². The Kier molecular flexibility index (Phi) is 4.56. The van der Waals surface area contributed by atoms with Crippen LogP contribution in [0, 0.1) is 0 Å². The van der Waals surface area contributed by atoms with E-state index >= 15 is 0 Å². The minimum atomic E-state index is -0.211. The summed E-state index contributed by atoms with van der Waals surface area (Å²) in [5.41, 5.74) is 1.96. The van der Waals surface area contributed by atoms with E-state index in [2.05, 4.69) is 5.32 Å². The molecule has 0 spiro atoms. The van der Waals surface area contributed by atoms with Crippen molar-refractivity contribution >= 4 is 57.4 Å². The molecule has 0 unspecified atom stereocenters. The summed E-state index contributed by atoms with van der Waals surface area (Å²) in [5.74, 6) is 0.598. The van der Waals surface area contributed by atoms with Crippen LogP contribution in [-0.2, 0) is 4.79 Å². The molecule has 1 N–H and O–H groups in total. The maximum atomic E-state index is 12.8. The van der Waals surface area contributed by atoms with Crippen molar-refractivity contribution in [1.82, 2.24) is 5.32 Å². The minimum Gasteiger partial charge on any atom is -0.497 e. The molecule has 0 aromatic heterocycles. The van der Waals surface area contributed by atoms with Crippen LogP contribution >= 0.6 is 23.8 Å². The highest BCUT2D eigenvalue weighted by Crippen LogP contribution is 2.26. The van der Waals surface area contributed by atoms with Crippen LogP contribution in [0.1, 0.15) is 5.56 Å². The molecule has 3 aromatic carbocycles. The molecule has 4 rings (SSSR count). The Morgan fingerprint density at radius 1 is 1.07 bits per heavy atom. The minimum absolute atomic E-state index is 0.211. The molecule has 0 atom stereocenters. The number of methoxy groups -OCH3 is 1. The Morgan fingerprint density at radius 3 is 2.63 bits per heavy atom. The van der Waals surface area contributed by atoms with Gasteiger partial charge in [-0.2, -0.15) is 0 Å². The zero-order valence-corrected chi connectivity index (χ0v) is 16.0. The molecule has 1 aliphatic rings. The molecule has 0 saturated carbocycles. The Labute approximate surface area is 167 Å². The largest absolute Gasteiger partial charge is 0.497 e. The molecule has 6 heteroatoms. The first-order chi connectivity index (χ1) is 13.0. The number of nitrogens with zero attached hydrogens (tertiary/aromatic N) is 1. The smallest absolute Gasteiger partial charge is 0.281 e. The fourth-order valence-electron chi connectivity index (χ4n) is 3.01. The van der Waals surface area contributed by atoms with Crippen molar-refractivity contribution in [2.45, 2.75) is 0 Å². The summed E-state index contributed by atoms with van der Waals surface area (Å²) in [4.78, 5) is 14.3. The summed E-state index contributed by atoms with van der Waals surface area (Å²) >= 11 is 11.4. The second-order valence-electron chi connectivity index (χ2n) is 6.08. The van der Waals surface area contributed by atoms with Crippen molar-refractivity contribution < 1.29 is 9.53 Å². The van der Waals surface area contributed by atoms with Gasteiger partial charge in [-0.15, -0.1) is 0 Å². The topological polar surface area (TPSA) is 41.6 Å². The van der Waals surface area contributed by atoms with E-state index in [1.54, 1.807) is 37.5 Å². The lowest BCUT2D eigenvalue weighted by molar-refractivity contribution is -0.113. The number of nitrogens with one attached hydrogen (secondary N) is 1. The molecule has 27 heavy (non-hydrogen) atoms. The first kappa shape index (κ1) is 17.5. The van der Waals surface area contributed by atoms with Gasteiger partial charge in [-0.1, -0.05) is 35.9 Å². The van der Waals surface area contributed by atoms with E-state index in [1.165, 1.54) is 4.90 Å². The standard InChI is InChI=1S/C21H15ClN2O2S/c1-26-18-8-7-14-9-13(5-6-15(14)11-18)10-19-20(25)24(21(27)23-19)17-4-2-3-16(22)12-17/h2-12H,1H3,(H,23,27)/b19-10-. The molecule has 134 valence electrons. The molecule has 4 nitrogen and oxygen atoms in total. The summed E-state index contributed by atoms with van der Waals surface area (Å²) in [6.45, 7) is 0. The van der Waals surface area contributed by atoms with E-state index in [4.69, 9.17) is 28.6 Å². The van der Waals surface area contributed by atoms with Gasteiger partial charge in [-0.05, 0) is 71.0 Å². The van der Waals surface area contributed by atoms with Crippen molar-refractivity contribution in [3.63, 3.8) is 0 Å². The average molecular weight is 395 g/mol. The van der Waals surface area contributed by atoms with E-state index in [0.717, 1.165) is 22.1 Å². The Hall–Kier alpha value is -2.89. The number of carbonyl (C=O) groups excluding carboxylic acids is 1. The molecule has 0 aliphatic carbocycles. The van der Waals surface area contributed by atoms with Crippen LogP contribution < -0.4 is 15.0 Å². The first-order valence-electron chi connectivity index (χ1n) is 8.26. The normalized spacial score (nSPS) is 15.5. The third kappa shape index (κ3) is 3.39. The van der Waals surface area contributed by atoms with E-state index in [1.807, 2.05) is 36.4 Å². The molecule has 1 aliphatic heterocycles. The van der Waals surface area contributed by atoms with Crippen LogP contribution in [0.25, 0.3) is 16.8 Å². The number of halogens is 1. The van der Waals surface area contributed by atoms with Crippen LogP contribution in [-0.4, -0.2) is 18.1 Å². The van der Waals surface area contributed by atoms with Gasteiger partial charge in [0.15, 0.2) is 5.11 Å². The molecular weight excluding hydrogens is 380 g/mol. The third-order valence-corrected chi connectivity index (χ3v) is 4.85. The predicted octanol–water partition coefficient (Wildman–Crippen LogP) is 4.76. The molecule has 1 heterocycles. The highest BCUT2D eigenvalue weighted by atomic mass is 35.5. The number of hydrogen-bond donors (Lipinski definition) is 1. The molecule has 3 aromatic rings. The van der Waals surface area contributed by atoms with Crippen LogP contribution in [0.4, 0.5) is 5.69 Å². The quantitative estimate of drug-likeness (QED) is 0.513. The van der Waals surface area contributed by atoms with Gasteiger partial charge in [0.2, 0.25) is 0 Å². The zero-order chi connectivity index (χ0) is 19.0. The van der Waals surface area contributed by atoms with Gasteiger partial charge in [0.25, 0.3) is 5.91 Å². The number of amides is 1. The molecular formula is C21H15ClN2O2S. The van der Waals surface area contributed by atoms with E-state index < -0.39 is 0 Å². The molecule has 0 radical (unpaired) electrons. The number of fused-ring (bicyclic) bond motifs is 1. The SMILES string of the molecule is COc1ccc2cc(/C=C3\NC(=S)N(c4cccc(Cl)c4)C3=O)ccc2c1. The monoisotopic (exact) mass is 394 g/mol. The van der Waals surface area contributed by atoms with Gasteiger partial charge in [0, 0.05) is 5.02 Å². The lowest BCUT2D eigenvalue weighted by Gasteiger charge is -2.13. The number of benzene rings is 3.